The van der Waals surface area contributed by atoms with Crippen LogP contribution in [0.2, 0.25) is 0 Å². The van der Waals surface area contributed by atoms with Gasteiger partial charge < -0.3 is 9.30 Å². The number of halogens is 3. The van der Waals surface area contributed by atoms with Crippen LogP contribution < -0.4 is 10.3 Å². The second-order valence-electron chi connectivity index (χ2n) is 8.67. The molecular weight excluding hydrogens is 457 g/mol. The van der Waals surface area contributed by atoms with E-state index < -0.39 is 33.6 Å². The fourth-order valence-electron chi connectivity index (χ4n) is 4.36. The van der Waals surface area contributed by atoms with Gasteiger partial charge in [-0.2, -0.15) is 0 Å². The number of rotatable bonds is 9. The van der Waals surface area contributed by atoms with Crippen molar-refractivity contribution in [2.24, 2.45) is 7.05 Å². The summed E-state index contributed by atoms with van der Waals surface area (Å²) < 4.78 is 72.7. The maximum atomic E-state index is 13.5. The third-order valence-corrected chi connectivity index (χ3v) is 6.94. The fraction of sp³-hybridized carbons (Fsp3) is 0.522. The molecule has 1 saturated carbocycles. The summed E-state index contributed by atoms with van der Waals surface area (Å²) in [4.78, 5) is 12.7. The Morgan fingerprint density at radius 1 is 1.12 bits per heavy atom. The largest absolute Gasteiger partial charge is 0.378 e. The molecule has 33 heavy (non-hydrogen) atoms. The van der Waals surface area contributed by atoms with Crippen molar-refractivity contribution in [1.82, 2.24) is 9.29 Å². The number of pyridine rings is 1. The highest BCUT2D eigenvalue weighted by Crippen LogP contribution is 2.35. The first-order chi connectivity index (χ1) is 15.6. The van der Waals surface area contributed by atoms with E-state index in [2.05, 4.69) is 4.72 Å². The van der Waals surface area contributed by atoms with Crippen LogP contribution >= 0.6 is 0 Å². The normalized spacial score (nSPS) is 20.0. The van der Waals surface area contributed by atoms with E-state index in [0.717, 1.165) is 11.6 Å². The molecule has 0 spiro atoms. The van der Waals surface area contributed by atoms with Gasteiger partial charge in [0, 0.05) is 37.3 Å². The van der Waals surface area contributed by atoms with E-state index in [1.54, 1.807) is 19.3 Å². The van der Waals surface area contributed by atoms with Crippen molar-refractivity contribution in [2.45, 2.75) is 50.5 Å². The highest BCUT2D eigenvalue weighted by atomic mass is 32.2. The molecule has 10 heteroatoms. The second kappa shape index (κ2) is 10.8. The molecule has 182 valence electrons. The van der Waals surface area contributed by atoms with Gasteiger partial charge >= 0.3 is 0 Å². The molecule has 3 rings (SSSR count). The van der Waals surface area contributed by atoms with E-state index in [9.17, 15) is 26.4 Å². The van der Waals surface area contributed by atoms with Crippen LogP contribution in [0.15, 0.2) is 35.3 Å². The molecule has 0 aliphatic heterocycles. The van der Waals surface area contributed by atoms with Gasteiger partial charge in [-0.3, -0.25) is 4.79 Å². The third kappa shape index (κ3) is 6.91. The summed E-state index contributed by atoms with van der Waals surface area (Å²) in [6.45, 7) is 1.74. The van der Waals surface area contributed by atoms with Crippen molar-refractivity contribution < 1.29 is 26.3 Å². The molecular formula is C23H29F3N2O4S. The molecule has 1 fully saturated rings. The number of benzene rings is 1. The van der Waals surface area contributed by atoms with E-state index in [1.165, 1.54) is 16.7 Å². The molecule has 1 aromatic heterocycles. The maximum absolute atomic E-state index is 13.5. The Balaban J connectivity index is 1.67. The Bertz CT molecular complexity index is 1110. The van der Waals surface area contributed by atoms with Gasteiger partial charge in [0.25, 0.3) is 5.56 Å². The van der Waals surface area contributed by atoms with Gasteiger partial charge in [-0.05, 0) is 67.9 Å². The van der Waals surface area contributed by atoms with Crippen molar-refractivity contribution in [3.05, 3.63) is 69.1 Å². The van der Waals surface area contributed by atoms with E-state index >= 15 is 0 Å². The van der Waals surface area contributed by atoms with Crippen LogP contribution in [0.1, 0.15) is 54.2 Å². The number of alkyl halides is 1. The quantitative estimate of drug-likeness (QED) is 0.587. The summed E-state index contributed by atoms with van der Waals surface area (Å²) in [5.74, 6) is -1.75. The van der Waals surface area contributed by atoms with E-state index in [0.29, 0.717) is 36.8 Å². The Labute approximate surface area is 191 Å². The molecule has 1 aliphatic rings. The molecule has 0 bridgehead atoms. The number of hydrogen-bond donors (Lipinski definition) is 1. The van der Waals surface area contributed by atoms with Crippen molar-refractivity contribution in [2.75, 3.05) is 19.2 Å². The topological polar surface area (TPSA) is 77.4 Å². The standard InChI is InChI=1S/C23H29F3N2O4S/c1-15-7-22(23(29)28(2)12-15)18(11-27-33(30,31)14-24)13-32-21-5-3-16(4-6-21)17-8-19(25)10-20(26)9-17/h7-10,12,16,18,21,27H,3-6,11,13-14H2,1-2H3/t16-,18?,21+. The smallest absolute Gasteiger partial charge is 0.253 e. The van der Waals surface area contributed by atoms with Crippen LogP contribution in [0.4, 0.5) is 13.2 Å². The molecule has 0 amide bonds. The molecule has 1 aliphatic carbocycles. The van der Waals surface area contributed by atoms with Crippen LogP contribution in [0.25, 0.3) is 0 Å². The van der Waals surface area contributed by atoms with Crippen LogP contribution in [-0.4, -0.2) is 38.2 Å². The first-order valence-electron chi connectivity index (χ1n) is 10.9. The average Bonchev–Trinajstić information content (AvgIpc) is 2.76. The number of sulfonamides is 1. The molecule has 1 N–H and O–H groups in total. The number of aryl methyl sites for hydroxylation is 2. The van der Waals surface area contributed by atoms with Crippen LogP contribution in [0, 0.1) is 18.6 Å². The summed E-state index contributed by atoms with van der Waals surface area (Å²) in [5, 5.41) is 0. The highest BCUT2D eigenvalue weighted by molar-refractivity contribution is 7.89. The van der Waals surface area contributed by atoms with Crippen molar-refractivity contribution in [3.8, 4) is 0 Å². The Hall–Kier alpha value is -2.17. The SMILES string of the molecule is Cc1cc(C(CNS(=O)(=O)CF)CO[C@H]2CC[C@@H](c3cc(F)cc(F)c3)CC2)c(=O)n(C)c1. The highest BCUT2D eigenvalue weighted by Gasteiger charge is 2.26. The summed E-state index contributed by atoms with van der Waals surface area (Å²) in [7, 11) is -2.48. The Kier molecular flexibility index (Phi) is 8.36. The predicted molar refractivity (Wildman–Crippen MR) is 119 cm³/mol. The lowest BCUT2D eigenvalue weighted by Gasteiger charge is -2.30. The van der Waals surface area contributed by atoms with Gasteiger partial charge in [0.1, 0.15) is 11.6 Å². The molecule has 1 heterocycles. The molecule has 6 nitrogen and oxygen atoms in total. The molecule has 2 aromatic rings. The van der Waals surface area contributed by atoms with Crippen molar-refractivity contribution in [3.63, 3.8) is 0 Å². The lowest BCUT2D eigenvalue weighted by atomic mass is 9.82. The molecule has 0 saturated heterocycles. The number of nitrogens with zero attached hydrogens (tertiary/aromatic N) is 1. The maximum Gasteiger partial charge on any atom is 0.253 e. The Morgan fingerprint density at radius 2 is 1.76 bits per heavy atom. The lowest BCUT2D eigenvalue weighted by molar-refractivity contribution is 0.0168. The lowest BCUT2D eigenvalue weighted by Crippen LogP contribution is -2.35. The van der Waals surface area contributed by atoms with Crippen molar-refractivity contribution >= 4 is 10.0 Å². The van der Waals surface area contributed by atoms with Gasteiger partial charge in [0.15, 0.2) is 0 Å². The van der Waals surface area contributed by atoms with Crippen molar-refractivity contribution in [1.29, 1.82) is 0 Å². The van der Waals surface area contributed by atoms with Gasteiger partial charge in [-0.1, -0.05) is 0 Å². The zero-order valence-electron chi connectivity index (χ0n) is 18.7. The van der Waals surface area contributed by atoms with Crippen LogP contribution in [0.3, 0.4) is 0 Å². The minimum Gasteiger partial charge on any atom is -0.378 e. The van der Waals surface area contributed by atoms with Gasteiger partial charge in [0.05, 0.1) is 12.7 Å². The fourth-order valence-corrected chi connectivity index (χ4v) is 4.89. The third-order valence-electron chi connectivity index (χ3n) is 6.04. The number of aromatic nitrogens is 1. The summed E-state index contributed by atoms with van der Waals surface area (Å²) in [6, 6.07) is 3.71. The molecule has 1 atom stereocenters. The van der Waals surface area contributed by atoms with Gasteiger partial charge in [0.2, 0.25) is 16.0 Å². The summed E-state index contributed by atoms with van der Waals surface area (Å²) in [6.07, 6.45) is 4.26. The first-order valence-corrected chi connectivity index (χ1v) is 12.5. The van der Waals surface area contributed by atoms with Crippen LogP contribution in [-0.2, 0) is 21.8 Å². The van der Waals surface area contributed by atoms with Crippen LogP contribution in [0.5, 0.6) is 0 Å². The monoisotopic (exact) mass is 486 g/mol. The number of ether oxygens (including phenoxy) is 1. The number of hydrogen-bond acceptors (Lipinski definition) is 4. The molecule has 0 radical (unpaired) electrons. The zero-order valence-corrected chi connectivity index (χ0v) is 19.5. The first kappa shape index (κ1) is 25.5. The minimum absolute atomic E-state index is 0.0336. The van der Waals surface area contributed by atoms with E-state index in [4.69, 9.17) is 4.74 Å². The minimum atomic E-state index is -4.09. The summed E-state index contributed by atoms with van der Waals surface area (Å²) >= 11 is 0. The van der Waals surface area contributed by atoms with E-state index in [1.807, 2.05) is 6.92 Å². The molecule has 1 aromatic carbocycles. The Morgan fingerprint density at radius 3 is 2.36 bits per heavy atom. The summed E-state index contributed by atoms with van der Waals surface area (Å²) in [5.41, 5.74) is 1.58. The second-order valence-corrected chi connectivity index (χ2v) is 10.4. The number of nitrogens with one attached hydrogen (secondary N) is 1. The predicted octanol–water partition coefficient (Wildman–Crippen LogP) is 3.64. The van der Waals surface area contributed by atoms with Gasteiger partial charge in [-0.15, -0.1) is 0 Å². The average molecular weight is 487 g/mol. The zero-order chi connectivity index (χ0) is 24.2. The molecule has 1 unspecified atom stereocenters. The van der Waals surface area contributed by atoms with E-state index in [-0.39, 0.29) is 30.7 Å². The van der Waals surface area contributed by atoms with Gasteiger partial charge in [-0.25, -0.2) is 26.3 Å².